The van der Waals surface area contributed by atoms with Crippen LogP contribution in [0.2, 0.25) is 0 Å². The smallest absolute Gasteiger partial charge is 0.116 e. The summed E-state index contributed by atoms with van der Waals surface area (Å²) in [6.45, 7) is 6.23. The fourth-order valence-electron chi connectivity index (χ4n) is 1.85. The molecule has 0 unspecified atom stereocenters. The SMILES string of the molecule is CCCC#CCCc1c(C)cc(O)cc1C. The van der Waals surface area contributed by atoms with E-state index in [1.165, 1.54) is 5.56 Å². The van der Waals surface area contributed by atoms with Crippen molar-refractivity contribution >= 4 is 0 Å². The van der Waals surface area contributed by atoms with Crippen molar-refractivity contribution in [1.82, 2.24) is 0 Å². The van der Waals surface area contributed by atoms with E-state index in [1.54, 1.807) is 0 Å². The van der Waals surface area contributed by atoms with Crippen molar-refractivity contribution in [3.63, 3.8) is 0 Å². The fourth-order valence-corrected chi connectivity index (χ4v) is 1.85. The Kier molecular flexibility index (Phi) is 4.92. The molecule has 0 aliphatic carbocycles. The highest BCUT2D eigenvalue weighted by Gasteiger charge is 2.03. The highest BCUT2D eigenvalue weighted by atomic mass is 16.3. The van der Waals surface area contributed by atoms with Gasteiger partial charge in [0.2, 0.25) is 0 Å². The molecule has 1 aromatic carbocycles. The molecule has 1 rings (SSSR count). The number of phenols is 1. The molecular weight excluding hydrogens is 196 g/mol. The topological polar surface area (TPSA) is 20.2 Å². The van der Waals surface area contributed by atoms with Crippen LogP contribution in [0.25, 0.3) is 0 Å². The van der Waals surface area contributed by atoms with Gasteiger partial charge in [-0.25, -0.2) is 0 Å². The Labute approximate surface area is 98.5 Å². The molecule has 0 radical (unpaired) electrons. The van der Waals surface area contributed by atoms with E-state index in [0.29, 0.717) is 5.75 Å². The van der Waals surface area contributed by atoms with Crippen molar-refractivity contribution < 1.29 is 5.11 Å². The second-order valence-electron chi connectivity index (χ2n) is 4.16. The van der Waals surface area contributed by atoms with Crippen molar-refractivity contribution in [3.05, 3.63) is 28.8 Å². The van der Waals surface area contributed by atoms with Crippen LogP contribution in [-0.4, -0.2) is 5.11 Å². The molecule has 0 aromatic heterocycles. The molecule has 0 aliphatic heterocycles. The van der Waals surface area contributed by atoms with E-state index in [2.05, 4.69) is 18.8 Å². The van der Waals surface area contributed by atoms with E-state index in [-0.39, 0.29) is 0 Å². The van der Waals surface area contributed by atoms with Gasteiger partial charge in [0, 0.05) is 12.8 Å². The third-order valence-electron chi connectivity index (χ3n) is 2.68. The summed E-state index contributed by atoms with van der Waals surface area (Å²) in [6.07, 6.45) is 4.01. The molecule has 0 heterocycles. The summed E-state index contributed by atoms with van der Waals surface area (Å²) in [6, 6.07) is 3.64. The van der Waals surface area contributed by atoms with Crippen LogP contribution in [0.3, 0.4) is 0 Å². The van der Waals surface area contributed by atoms with Gasteiger partial charge in [-0.1, -0.05) is 6.92 Å². The molecule has 0 saturated carbocycles. The molecule has 1 nitrogen and oxygen atoms in total. The Morgan fingerprint density at radius 1 is 1.06 bits per heavy atom. The average Bonchev–Trinajstić information content (AvgIpc) is 2.20. The molecule has 1 heteroatoms. The van der Waals surface area contributed by atoms with Gasteiger partial charge in [0.25, 0.3) is 0 Å². The van der Waals surface area contributed by atoms with Gasteiger partial charge in [0.1, 0.15) is 5.75 Å². The number of aromatic hydroxyl groups is 1. The first-order valence-corrected chi connectivity index (χ1v) is 5.90. The second kappa shape index (κ2) is 6.23. The zero-order valence-corrected chi connectivity index (χ0v) is 10.4. The fraction of sp³-hybridized carbons (Fsp3) is 0.467. The summed E-state index contributed by atoms with van der Waals surface area (Å²) in [4.78, 5) is 0. The first-order valence-electron chi connectivity index (χ1n) is 5.90. The Bertz CT molecular complexity index is 384. The number of rotatable bonds is 3. The normalized spacial score (nSPS) is 9.69. The van der Waals surface area contributed by atoms with Gasteiger partial charge in [-0.05, 0) is 55.5 Å². The Hall–Kier alpha value is -1.42. The quantitative estimate of drug-likeness (QED) is 0.763. The third-order valence-corrected chi connectivity index (χ3v) is 2.68. The second-order valence-corrected chi connectivity index (χ2v) is 4.16. The monoisotopic (exact) mass is 216 g/mol. The number of aryl methyl sites for hydroxylation is 2. The molecule has 0 amide bonds. The Morgan fingerprint density at radius 3 is 2.19 bits per heavy atom. The van der Waals surface area contributed by atoms with Gasteiger partial charge < -0.3 is 5.11 Å². The summed E-state index contributed by atoms with van der Waals surface area (Å²) in [5, 5.41) is 9.43. The van der Waals surface area contributed by atoms with Crippen LogP contribution >= 0.6 is 0 Å². The molecule has 0 aliphatic rings. The van der Waals surface area contributed by atoms with Gasteiger partial charge in [-0.2, -0.15) is 0 Å². The average molecular weight is 216 g/mol. The molecule has 0 fully saturated rings. The lowest BCUT2D eigenvalue weighted by molar-refractivity contribution is 0.474. The van der Waals surface area contributed by atoms with Crippen molar-refractivity contribution in [2.24, 2.45) is 0 Å². The van der Waals surface area contributed by atoms with Crippen LogP contribution in [0.1, 0.15) is 42.9 Å². The van der Waals surface area contributed by atoms with Crippen molar-refractivity contribution in [2.45, 2.75) is 46.5 Å². The third kappa shape index (κ3) is 3.62. The lowest BCUT2D eigenvalue weighted by Gasteiger charge is -2.08. The summed E-state index contributed by atoms with van der Waals surface area (Å²) in [5.41, 5.74) is 3.65. The summed E-state index contributed by atoms with van der Waals surface area (Å²) >= 11 is 0. The predicted molar refractivity (Wildman–Crippen MR) is 68.6 cm³/mol. The van der Waals surface area contributed by atoms with Gasteiger partial charge >= 0.3 is 0 Å². The highest BCUT2D eigenvalue weighted by Crippen LogP contribution is 2.21. The maximum atomic E-state index is 9.43. The van der Waals surface area contributed by atoms with Gasteiger partial charge in [-0.3, -0.25) is 0 Å². The number of benzene rings is 1. The van der Waals surface area contributed by atoms with Crippen LogP contribution in [0.5, 0.6) is 5.75 Å². The standard InChI is InChI=1S/C15H20O/c1-4-5-6-7-8-9-15-12(2)10-14(16)11-13(15)3/h10-11,16H,4-5,8-9H2,1-3H3. The molecule has 0 bridgehead atoms. The van der Waals surface area contributed by atoms with Gasteiger partial charge in [0.05, 0.1) is 0 Å². The highest BCUT2D eigenvalue weighted by molar-refractivity contribution is 5.40. The van der Waals surface area contributed by atoms with E-state index in [9.17, 15) is 5.11 Å². The minimum Gasteiger partial charge on any atom is -0.508 e. The van der Waals surface area contributed by atoms with Crippen molar-refractivity contribution in [1.29, 1.82) is 0 Å². The zero-order valence-electron chi connectivity index (χ0n) is 10.4. The molecule has 1 aromatic rings. The van der Waals surface area contributed by atoms with Crippen LogP contribution in [-0.2, 0) is 6.42 Å². The lowest BCUT2D eigenvalue weighted by Crippen LogP contribution is -1.93. The number of unbranched alkanes of at least 4 members (excludes halogenated alkanes) is 1. The molecule has 0 spiro atoms. The summed E-state index contributed by atoms with van der Waals surface area (Å²) < 4.78 is 0. The molecule has 16 heavy (non-hydrogen) atoms. The van der Waals surface area contributed by atoms with Gasteiger partial charge in [-0.15, -0.1) is 11.8 Å². The molecular formula is C15H20O. The first kappa shape index (κ1) is 12.6. The van der Waals surface area contributed by atoms with Crippen LogP contribution in [0.4, 0.5) is 0 Å². The van der Waals surface area contributed by atoms with Crippen LogP contribution in [0.15, 0.2) is 12.1 Å². The lowest BCUT2D eigenvalue weighted by atomic mass is 9.98. The number of hydrogen-bond donors (Lipinski definition) is 1. The van der Waals surface area contributed by atoms with Crippen LogP contribution in [0, 0.1) is 25.7 Å². The maximum absolute atomic E-state index is 9.43. The first-order chi connectivity index (χ1) is 7.65. The van der Waals surface area contributed by atoms with E-state index in [4.69, 9.17) is 0 Å². The predicted octanol–water partition coefficient (Wildman–Crippen LogP) is 3.75. The minimum atomic E-state index is 0.357. The molecule has 0 saturated heterocycles. The van der Waals surface area contributed by atoms with E-state index < -0.39 is 0 Å². The van der Waals surface area contributed by atoms with Crippen molar-refractivity contribution in [2.75, 3.05) is 0 Å². The Balaban J connectivity index is 2.65. The summed E-state index contributed by atoms with van der Waals surface area (Å²) in [5.74, 6) is 6.70. The molecule has 86 valence electrons. The summed E-state index contributed by atoms with van der Waals surface area (Å²) in [7, 11) is 0. The number of phenolic OH excluding ortho intramolecular Hbond substituents is 1. The molecule has 1 N–H and O–H groups in total. The van der Waals surface area contributed by atoms with Gasteiger partial charge in [0.15, 0.2) is 0 Å². The molecule has 0 atom stereocenters. The zero-order chi connectivity index (χ0) is 12.0. The minimum absolute atomic E-state index is 0.357. The van der Waals surface area contributed by atoms with Crippen molar-refractivity contribution in [3.8, 4) is 17.6 Å². The van der Waals surface area contributed by atoms with E-state index in [0.717, 1.165) is 36.8 Å². The number of hydrogen-bond acceptors (Lipinski definition) is 1. The van der Waals surface area contributed by atoms with Crippen LogP contribution < -0.4 is 0 Å². The van der Waals surface area contributed by atoms with E-state index in [1.807, 2.05) is 26.0 Å². The largest absolute Gasteiger partial charge is 0.508 e. The van der Waals surface area contributed by atoms with E-state index >= 15 is 0 Å². The Morgan fingerprint density at radius 2 is 1.62 bits per heavy atom. The maximum Gasteiger partial charge on any atom is 0.116 e.